The van der Waals surface area contributed by atoms with Gasteiger partial charge in [-0.05, 0) is 25.0 Å². The topological polar surface area (TPSA) is 104 Å². The molecule has 170 valence electrons. The maximum atomic E-state index is 13.3. The highest BCUT2D eigenvalue weighted by Crippen LogP contribution is 2.34. The molecule has 9 nitrogen and oxygen atoms in total. The van der Waals surface area contributed by atoms with Crippen molar-refractivity contribution in [2.24, 2.45) is 0 Å². The van der Waals surface area contributed by atoms with Crippen LogP contribution in [0.15, 0.2) is 30.5 Å². The summed E-state index contributed by atoms with van der Waals surface area (Å²) in [5, 5.41) is 2.56. The zero-order valence-electron chi connectivity index (χ0n) is 18.2. The average Bonchev–Trinajstić information content (AvgIpc) is 3.46. The number of fused-ring (bicyclic) bond motifs is 1. The van der Waals surface area contributed by atoms with Crippen molar-refractivity contribution in [2.75, 3.05) is 39.9 Å². The molecule has 2 aliphatic heterocycles. The summed E-state index contributed by atoms with van der Waals surface area (Å²) in [4.78, 5) is 44.2. The molecule has 4 rings (SSSR count). The third-order valence-corrected chi connectivity index (χ3v) is 5.67. The maximum absolute atomic E-state index is 13.3. The Kier molecular flexibility index (Phi) is 6.63. The molecule has 0 saturated carbocycles. The highest BCUT2D eigenvalue weighted by Gasteiger charge is 2.26. The van der Waals surface area contributed by atoms with Gasteiger partial charge in [0.15, 0.2) is 11.5 Å². The molecule has 0 atom stereocenters. The molecule has 1 fully saturated rings. The number of hydrogen-bond acceptors (Lipinski definition) is 5. The molecule has 0 aliphatic carbocycles. The molecular formula is C23H28N4O5. The third kappa shape index (κ3) is 4.71. The Balaban J connectivity index is 1.56. The molecule has 32 heavy (non-hydrogen) atoms. The first-order valence-corrected chi connectivity index (χ1v) is 10.9. The molecule has 0 unspecified atom stereocenters. The van der Waals surface area contributed by atoms with Gasteiger partial charge < -0.3 is 29.6 Å². The molecule has 0 spiro atoms. The summed E-state index contributed by atoms with van der Waals surface area (Å²) in [5.74, 6) is 0.475. The van der Waals surface area contributed by atoms with Gasteiger partial charge in [0.25, 0.3) is 11.8 Å². The summed E-state index contributed by atoms with van der Waals surface area (Å²) in [6.45, 7) is 2.58. The van der Waals surface area contributed by atoms with Crippen LogP contribution in [0.25, 0.3) is 0 Å². The molecule has 9 heteroatoms. The molecule has 1 aromatic heterocycles. The van der Waals surface area contributed by atoms with E-state index < -0.39 is 0 Å². The first-order chi connectivity index (χ1) is 15.6. The number of likely N-dealkylation sites (tertiary alicyclic amines) is 1. The Morgan fingerprint density at radius 2 is 1.91 bits per heavy atom. The smallest absolute Gasteiger partial charge is 0.270 e. The SMILES string of the molecule is CNC(=O)CN(Cc1cccc2c1OCCCO2)C(=O)c1c[nH]c(C(=O)N2CCCC2)c1. The van der Waals surface area contributed by atoms with Gasteiger partial charge in [-0.2, -0.15) is 0 Å². The van der Waals surface area contributed by atoms with Gasteiger partial charge >= 0.3 is 0 Å². The highest BCUT2D eigenvalue weighted by molar-refractivity contribution is 6.00. The first-order valence-electron chi connectivity index (χ1n) is 10.9. The van der Waals surface area contributed by atoms with E-state index in [2.05, 4.69) is 10.3 Å². The second kappa shape index (κ2) is 9.76. The second-order valence-corrected chi connectivity index (χ2v) is 7.93. The Morgan fingerprint density at radius 3 is 2.69 bits per heavy atom. The number of H-pyrrole nitrogens is 1. The first kappa shape index (κ1) is 21.7. The second-order valence-electron chi connectivity index (χ2n) is 7.93. The number of carbonyl (C=O) groups excluding carboxylic acids is 3. The minimum Gasteiger partial charge on any atom is -0.490 e. The molecule has 0 bridgehead atoms. The highest BCUT2D eigenvalue weighted by atomic mass is 16.5. The van der Waals surface area contributed by atoms with E-state index in [4.69, 9.17) is 9.47 Å². The lowest BCUT2D eigenvalue weighted by atomic mass is 10.1. The number of para-hydroxylation sites is 1. The largest absolute Gasteiger partial charge is 0.490 e. The van der Waals surface area contributed by atoms with Crippen molar-refractivity contribution < 1.29 is 23.9 Å². The van der Waals surface area contributed by atoms with Crippen molar-refractivity contribution in [2.45, 2.75) is 25.8 Å². The van der Waals surface area contributed by atoms with Gasteiger partial charge in [0.05, 0.1) is 25.3 Å². The van der Waals surface area contributed by atoms with Gasteiger partial charge in [-0.15, -0.1) is 0 Å². The van der Waals surface area contributed by atoms with Gasteiger partial charge in [-0.1, -0.05) is 12.1 Å². The van der Waals surface area contributed by atoms with Gasteiger partial charge in [0, 0.05) is 38.3 Å². The molecule has 3 heterocycles. The minimum atomic E-state index is -0.350. The van der Waals surface area contributed by atoms with Crippen molar-refractivity contribution in [1.29, 1.82) is 0 Å². The van der Waals surface area contributed by atoms with E-state index in [1.165, 1.54) is 18.1 Å². The number of benzene rings is 1. The quantitative estimate of drug-likeness (QED) is 0.713. The van der Waals surface area contributed by atoms with Crippen molar-refractivity contribution in [3.63, 3.8) is 0 Å². The minimum absolute atomic E-state index is 0.113. The van der Waals surface area contributed by atoms with Crippen LogP contribution in [0.5, 0.6) is 11.5 Å². The van der Waals surface area contributed by atoms with E-state index in [1.54, 1.807) is 11.0 Å². The van der Waals surface area contributed by atoms with E-state index >= 15 is 0 Å². The van der Waals surface area contributed by atoms with Crippen LogP contribution in [0, 0.1) is 0 Å². The van der Waals surface area contributed by atoms with Crippen LogP contribution in [-0.4, -0.2) is 72.4 Å². The summed E-state index contributed by atoms with van der Waals surface area (Å²) in [6.07, 6.45) is 4.27. The van der Waals surface area contributed by atoms with Crippen molar-refractivity contribution >= 4 is 17.7 Å². The molecule has 3 amide bonds. The fourth-order valence-electron chi connectivity index (χ4n) is 3.95. The fraction of sp³-hybridized carbons (Fsp3) is 0.435. The monoisotopic (exact) mass is 440 g/mol. The number of hydrogen-bond donors (Lipinski definition) is 2. The normalized spacial score (nSPS) is 15.2. The van der Waals surface area contributed by atoms with Crippen molar-refractivity contribution in [3.8, 4) is 11.5 Å². The van der Waals surface area contributed by atoms with E-state index in [0.717, 1.165) is 37.9 Å². The Labute approximate surface area is 186 Å². The summed E-state index contributed by atoms with van der Waals surface area (Å²) < 4.78 is 11.6. The number of nitrogens with zero attached hydrogens (tertiary/aromatic N) is 2. The summed E-state index contributed by atoms with van der Waals surface area (Å²) >= 11 is 0. The number of likely N-dealkylation sites (N-methyl/N-ethyl adjacent to an activating group) is 1. The Morgan fingerprint density at radius 1 is 1.12 bits per heavy atom. The fourth-order valence-corrected chi connectivity index (χ4v) is 3.95. The molecule has 2 N–H and O–H groups in total. The van der Waals surface area contributed by atoms with Crippen LogP contribution >= 0.6 is 0 Å². The van der Waals surface area contributed by atoms with Crippen LogP contribution in [0.4, 0.5) is 0 Å². The standard InChI is InChI=1S/C23H28N4O5/c1-24-20(28)15-27(14-16-6-4-7-19-21(16)32-11-5-10-31-19)22(29)17-12-18(25-13-17)23(30)26-8-2-3-9-26/h4,6-7,12-13,25H,2-3,5,8-11,14-15H2,1H3,(H,24,28). The predicted octanol–water partition coefficient (Wildman–Crippen LogP) is 1.80. The van der Waals surface area contributed by atoms with Crippen LogP contribution in [0.2, 0.25) is 0 Å². The van der Waals surface area contributed by atoms with Crippen LogP contribution in [-0.2, 0) is 11.3 Å². The molecule has 2 aromatic rings. The number of carbonyl (C=O) groups is 3. The molecule has 1 aromatic carbocycles. The maximum Gasteiger partial charge on any atom is 0.270 e. The van der Waals surface area contributed by atoms with Gasteiger partial charge in [-0.3, -0.25) is 14.4 Å². The van der Waals surface area contributed by atoms with Gasteiger partial charge in [0.2, 0.25) is 5.91 Å². The van der Waals surface area contributed by atoms with E-state index in [1.807, 2.05) is 18.2 Å². The zero-order chi connectivity index (χ0) is 22.5. The van der Waals surface area contributed by atoms with Crippen LogP contribution < -0.4 is 14.8 Å². The lowest BCUT2D eigenvalue weighted by molar-refractivity contribution is -0.121. The molecule has 0 radical (unpaired) electrons. The van der Waals surface area contributed by atoms with Gasteiger partial charge in [-0.25, -0.2) is 0 Å². The predicted molar refractivity (Wildman–Crippen MR) is 117 cm³/mol. The van der Waals surface area contributed by atoms with E-state index in [0.29, 0.717) is 36.0 Å². The average molecular weight is 441 g/mol. The summed E-state index contributed by atoms with van der Waals surface area (Å²) in [5.41, 5.74) is 1.46. The Hall–Kier alpha value is -3.49. The summed E-state index contributed by atoms with van der Waals surface area (Å²) in [7, 11) is 1.53. The summed E-state index contributed by atoms with van der Waals surface area (Å²) in [6, 6.07) is 7.09. The van der Waals surface area contributed by atoms with Gasteiger partial charge in [0.1, 0.15) is 12.2 Å². The van der Waals surface area contributed by atoms with E-state index in [-0.39, 0.29) is 30.8 Å². The van der Waals surface area contributed by atoms with Crippen LogP contribution in [0.1, 0.15) is 45.7 Å². The lowest BCUT2D eigenvalue weighted by Gasteiger charge is -2.23. The number of amides is 3. The van der Waals surface area contributed by atoms with Crippen molar-refractivity contribution in [1.82, 2.24) is 20.1 Å². The van der Waals surface area contributed by atoms with Crippen LogP contribution in [0.3, 0.4) is 0 Å². The zero-order valence-corrected chi connectivity index (χ0v) is 18.2. The number of ether oxygens (including phenoxy) is 2. The molecule has 2 aliphatic rings. The number of aromatic amines is 1. The lowest BCUT2D eigenvalue weighted by Crippen LogP contribution is -2.39. The number of aromatic nitrogens is 1. The number of nitrogens with one attached hydrogen (secondary N) is 2. The Bertz CT molecular complexity index is 996. The number of rotatable bonds is 6. The van der Waals surface area contributed by atoms with E-state index in [9.17, 15) is 14.4 Å². The van der Waals surface area contributed by atoms with Crippen molar-refractivity contribution in [3.05, 3.63) is 47.3 Å². The molecule has 1 saturated heterocycles. The third-order valence-electron chi connectivity index (χ3n) is 5.67. The molecular weight excluding hydrogens is 412 g/mol.